The fraction of sp³-hybridized carbons (Fsp3) is 0.812. The lowest BCUT2D eigenvalue weighted by atomic mass is 9.97. The number of rotatable bonds is 8. The van der Waals surface area contributed by atoms with Gasteiger partial charge < -0.3 is 4.74 Å². The van der Waals surface area contributed by atoms with Crippen LogP contribution < -0.4 is 0 Å². The molecule has 0 amide bonds. The summed E-state index contributed by atoms with van der Waals surface area (Å²) in [7, 11) is 0. The number of esters is 1. The molecular weight excluding hydrogens is 224 g/mol. The first-order chi connectivity index (χ1) is 8.74. The molecule has 0 aromatic carbocycles. The molecule has 1 fully saturated rings. The van der Waals surface area contributed by atoms with Crippen LogP contribution in [0.2, 0.25) is 0 Å². The summed E-state index contributed by atoms with van der Waals surface area (Å²) in [4.78, 5) is 11.9. The predicted molar refractivity (Wildman–Crippen MR) is 75.4 cm³/mol. The molecule has 2 heteroatoms. The summed E-state index contributed by atoms with van der Waals surface area (Å²) in [6.45, 7) is 5.71. The van der Waals surface area contributed by atoms with Crippen LogP contribution in [0, 0.1) is 5.92 Å². The molecule has 0 saturated heterocycles. The number of hydrogen-bond donors (Lipinski definition) is 0. The quantitative estimate of drug-likeness (QED) is 0.357. The second-order valence-corrected chi connectivity index (χ2v) is 5.52. The summed E-state index contributed by atoms with van der Waals surface area (Å²) in [5, 5.41) is 0. The second-order valence-electron chi connectivity index (χ2n) is 5.52. The highest BCUT2D eigenvalue weighted by atomic mass is 16.5. The minimum absolute atomic E-state index is 0.0191. The Hall–Kier alpha value is -0.790. The summed E-state index contributed by atoms with van der Waals surface area (Å²) in [5.74, 6) is 0.0845. The Bertz CT molecular complexity index is 241. The average molecular weight is 252 g/mol. The summed E-state index contributed by atoms with van der Waals surface area (Å²) in [6, 6.07) is 0. The van der Waals surface area contributed by atoms with Gasteiger partial charge in [-0.1, -0.05) is 32.3 Å². The monoisotopic (exact) mass is 252 g/mol. The zero-order chi connectivity index (χ0) is 13.2. The van der Waals surface area contributed by atoms with Gasteiger partial charge in [0, 0.05) is 0 Å². The van der Waals surface area contributed by atoms with Crippen molar-refractivity contribution < 1.29 is 9.53 Å². The van der Waals surface area contributed by atoms with Crippen molar-refractivity contribution in [2.24, 2.45) is 5.92 Å². The fourth-order valence-corrected chi connectivity index (χ4v) is 2.50. The Labute approximate surface area is 112 Å². The normalized spacial score (nSPS) is 18.3. The number of hydrogen-bond acceptors (Lipinski definition) is 2. The van der Waals surface area contributed by atoms with E-state index in [1.807, 2.05) is 13.0 Å². The molecule has 0 N–H and O–H groups in total. The summed E-state index contributed by atoms with van der Waals surface area (Å²) in [5.41, 5.74) is 0. The number of carbonyl (C=O) groups excluding carboxylic acids is 1. The lowest BCUT2D eigenvalue weighted by Gasteiger charge is -2.23. The van der Waals surface area contributed by atoms with Crippen LogP contribution in [-0.4, -0.2) is 12.1 Å². The molecule has 104 valence electrons. The number of allylic oxidation sites excluding steroid dienone is 1. The van der Waals surface area contributed by atoms with Crippen LogP contribution >= 0.6 is 0 Å². The maximum atomic E-state index is 11.9. The molecule has 1 saturated carbocycles. The van der Waals surface area contributed by atoms with E-state index in [1.54, 1.807) is 0 Å². The fourth-order valence-electron chi connectivity index (χ4n) is 2.50. The van der Waals surface area contributed by atoms with E-state index < -0.39 is 0 Å². The molecule has 2 nitrogen and oxygen atoms in total. The van der Waals surface area contributed by atoms with Gasteiger partial charge >= 0.3 is 5.97 Å². The third kappa shape index (κ3) is 6.23. The molecule has 1 aliphatic rings. The molecule has 1 aliphatic carbocycles. The van der Waals surface area contributed by atoms with Gasteiger partial charge in [-0.3, -0.25) is 4.79 Å². The Morgan fingerprint density at radius 1 is 1.28 bits per heavy atom. The van der Waals surface area contributed by atoms with Gasteiger partial charge in [0.25, 0.3) is 0 Å². The van der Waals surface area contributed by atoms with Crippen molar-refractivity contribution in [3.05, 3.63) is 12.7 Å². The van der Waals surface area contributed by atoms with E-state index in [0.29, 0.717) is 0 Å². The molecule has 18 heavy (non-hydrogen) atoms. The number of carbonyl (C=O) groups is 1. The molecular formula is C16H28O2. The van der Waals surface area contributed by atoms with Crippen LogP contribution in [0.1, 0.15) is 71.1 Å². The Morgan fingerprint density at radius 2 is 2.00 bits per heavy atom. The van der Waals surface area contributed by atoms with Crippen molar-refractivity contribution in [2.75, 3.05) is 0 Å². The smallest absolute Gasteiger partial charge is 0.308 e. The average Bonchev–Trinajstić information content (AvgIpc) is 2.39. The van der Waals surface area contributed by atoms with Crippen molar-refractivity contribution in [1.82, 2.24) is 0 Å². The SMILES string of the molecule is C=CCCCCCC(C)C(=O)OC1CCCCC1. The third-order valence-corrected chi connectivity index (χ3v) is 3.78. The second kappa shape index (κ2) is 9.18. The van der Waals surface area contributed by atoms with Crippen molar-refractivity contribution >= 4 is 5.97 Å². The van der Waals surface area contributed by atoms with E-state index in [0.717, 1.165) is 32.1 Å². The minimum atomic E-state index is 0.0191. The van der Waals surface area contributed by atoms with Gasteiger partial charge in [0.2, 0.25) is 0 Å². The largest absolute Gasteiger partial charge is 0.462 e. The molecule has 0 heterocycles. The summed E-state index contributed by atoms with van der Waals surface area (Å²) >= 11 is 0. The van der Waals surface area contributed by atoms with E-state index in [4.69, 9.17) is 4.74 Å². The lowest BCUT2D eigenvalue weighted by Crippen LogP contribution is -2.24. The van der Waals surface area contributed by atoms with Gasteiger partial charge in [-0.15, -0.1) is 6.58 Å². The highest BCUT2D eigenvalue weighted by Crippen LogP contribution is 2.22. The number of unbranched alkanes of at least 4 members (excludes halogenated alkanes) is 3. The zero-order valence-corrected chi connectivity index (χ0v) is 11.8. The third-order valence-electron chi connectivity index (χ3n) is 3.78. The Morgan fingerprint density at radius 3 is 2.67 bits per heavy atom. The molecule has 0 spiro atoms. The molecule has 1 unspecified atom stereocenters. The van der Waals surface area contributed by atoms with E-state index in [2.05, 4.69) is 6.58 Å². The summed E-state index contributed by atoms with van der Waals surface area (Å²) < 4.78 is 5.58. The highest BCUT2D eigenvalue weighted by molar-refractivity contribution is 5.72. The van der Waals surface area contributed by atoms with Gasteiger partial charge in [-0.2, -0.15) is 0 Å². The highest BCUT2D eigenvalue weighted by Gasteiger charge is 2.21. The first-order valence-electron chi connectivity index (χ1n) is 7.55. The van der Waals surface area contributed by atoms with Gasteiger partial charge in [-0.05, 0) is 44.9 Å². The van der Waals surface area contributed by atoms with E-state index in [9.17, 15) is 4.79 Å². The van der Waals surface area contributed by atoms with Crippen LogP contribution in [0.15, 0.2) is 12.7 Å². The predicted octanol–water partition coefficient (Wildman–Crippen LogP) is 4.63. The van der Waals surface area contributed by atoms with Gasteiger partial charge in [0.15, 0.2) is 0 Å². The molecule has 0 radical (unpaired) electrons. The minimum Gasteiger partial charge on any atom is -0.462 e. The van der Waals surface area contributed by atoms with E-state index >= 15 is 0 Å². The molecule has 0 aromatic rings. The Kier molecular flexibility index (Phi) is 7.79. The maximum absolute atomic E-state index is 11.9. The molecule has 0 bridgehead atoms. The maximum Gasteiger partial charge on any atom is 0.308 e. The lowest BCUT2D eigenvalue weighted by molar-refractivity contribution is -0.155. The van der Waals surface area contributed by atoms with Crippen LogP contribution in [0.25, 0.3) is 0 Å². The van der Waals surface area contributed by atoms with Crippen LogP contribution in [0.3, 0.4) is 0 Å². The van der Waals surface area contributed by atoms with Crippen molar-refractivity contribution in [1.29, 1.82) is 0 Å². The van der Waals surface area contributed by atoms with Crippen LogP contribution in [0.4, 0.5) is 0 Å². The summed E-state index contributed by atoms with van der Waals surface area (Å²) in [6.07, 6.45) is 13.6. The first kappa shape index (κ1) is 15.3. The molecule has 0 aliphatic heterocycles. The van der Waals surface area contributed by atoms with Crippen LogP contribution in [-0.2, 0) is 9.53 Å². The molecule has 1 atom stereocenters. The van der Waals surface area contributed by atoms with Gasteiger partial charge in [0.05, 0.1) is 5.92 Å². The molecule has 1 rings (SSSR count). The van der Waals surface area contributed by atoms with Gasteiger partial charge in [-0.25, -0.2) is 0 Å². The Balaban J connectivity index is 2.09. The van der Waals surface area contributed by atoms with Crippen molar-refractivity contribution in [3.8, 4) is 0 Å². The molecule has 0 aromatic heterocycles. The van der Waals surface area contributed by atoms with Crippen molar-refractivity contribution in [3.63, 3.8) is 0 Å². The van der Waals surface area contributed by atoms with Crippen LogP contribution in [0.5, 0.6) is 0 Å². The van der Waals surface area contributed by atoms with E-state index in [-0.39, 0.29) is 18.0 Å². The van der Waals surface area contributed by atoms with Crippen molar-refractivity contribution in [2.45, 2.75) is 77.2 Å². The number of ether oxygens (including phenoxy) is 1. The topological polar surface area (TPSA) is 26.3 Å². The first-order valence-corrected chi connectivity index (χ1v) is 7.55. The van der Waals surface area contributed by atoms with E-state index in [1.165, 1.54) is 32.1 Å². The standard InChI is InChI=1S/C16H28O2/c1-3-4-5-6-8-11-14(2)16(17)18-15-12-9-7-10-13-15/h3,14-15H,1,4-13H2,2H3. The zero-order valence-electron chi connectivity index (χ0n) is 11.8. The van der Waals surface area contributed by atoms with Gasteiger partial charge in [0.1, 0.15) is 6.10 Å².